The van der Waals surface area contributed by atoms with Crippen molar-refractivity contribution in [1.82, 2.24) is 20.6 Å². The maximum Gasteiger partial charge on any atom is 0.322 e. The number of hydrogen-bond donors (Lipinski definition) is 5. The zero-order chi connectivity index (χ0) is 32.7. The molecule has 45 heavy (non-hydrogen) atoms. The van der Waals surface area contributed by atoms with E-state index in [0.717, 1.165) is 0 Å². The van der Waals surface area contributed by atoms with E-state index in [1.54, 1.807) is 30.3 Å². The first-order valence-electron chi connectivity index (χ1n) is 14.4. The quantitative estimate of drug-likeness (QED) is 0.138. The number of carbonyl (C=O) groups is 4. The second-order valence-corrected chi connectivity index (χ2v) is 11.2. The van der Waals surface area contributed by atoms with Gasteiger partial charge in [-0.3, -0.25) is 19.2 Å². The van der Waals surface area contributed by atoms with Crippen LogP contribution in [0.25, 0.3) is 21.8 Å². The van der Waals surface area contributed by atoms with E-state index in [4.69, 9.17) is 20.3 Å². The van der Waals surface area contributed by atoms with Gasteiger partial charge in [-0.2, -0.15) is 0 Å². The minimum Gasteiger partial charge on any atom is -0.493 e. The normalized spacial score (nSPS) is 11.1. The first-order valence-corrected chi connectivity index (χ1v) is 14.4. The summed E-state index contributed by atoms with van der Waals surface area (Å²) in [6.07, 6.45) is 0. The summed E-state index contributed by atoms with van der Waals surface area (Å²) >= 11 is 0. The highest BCUT2D eigenvalue weighted by molar-refractivity contribution is 6.06. The van der Waals surface area contributed by atoms with Crippen LogP contribution in [0.4, 0.5) is 11.4 Å². The molecule has 0 radical (unpaired) electrons. The number of para-hydroxylation sites is 2. The van der Waals surface area contributed by atoms with Gasteiger partial charge in [0.05, 0.1) is 42.2 Å². The molecule has 0 saturated heterocycles. The van der Waals surface area contributed by atoms with Gasteiger partial charge in [0.2, 0.25) is 5.91 Å². The molecular weight excluding hydrogens is 580 g/mol. The highest BCUT2D eigenvalue weighted by Crippen LogP contribution is 2.31. The third-order valence-electron chi connectivity index (χ3n) is 6.33. The number of hydrogen-bond acceptors (Lipinski definition) is 9. The molecule has 13 nitrogen and oxygen atoms in total. The molecule has 236 valence electrons. The number of benzene rings is 2. The Hall–Kier alpha value is -5.46. The maximum atomic E-state index is 13.1. The van der Waals surface area contributed by atoms with Gasteiger partial charge in [0, 0.05) is 22.9 Å². The van der Waals surface area contributed by atoms with Gasteiger partial charge in [-0.25, -0.2) is 9.97 Å². The van der Waals surface area contributed by atoms with Crippen molar-refractivity contribution in [1.29, 1.82) is 0 Å². The number of nitrogens with one attached hydrogen (secondary N) is 3. The van der Waals surface area contributed by atoms with Crippen LogP contribution < -0.4 is 31.2 Å². The second kappa shape index (κ2) is 14.3. The van der Waals surface area contributed by atoms with Crippen molar-refractivity contribution in [2.75, 3.05) is 37.4 Å². The molecule has 0 unspecified atom stereocenters. The molecule has 0 aliphatic rings. The molecule has 0 atom stereocenters. The van der Waals surface area contributed by atoms with Gasteiger partial charge in [-0.05, 0) is 36.1 Å². The first kappa shape index (κ1) is 32.5. The van der Waals surface area contributed by atoms with Crippen molar-refractivity contribution < 1.29 is 33.8 Å². The van der Waals surface area contributed by atoms with E-state index < -0.39 is 36.8 Å². The summed E-state index contributed by atoms with van der Waals surface area (Å²) in [5, 5.41) is 17.7. The summed E-state index contributed by atoms with van der Waals surface area (Å²) in [7, 11) is 0. The van der Waals surface area contributed by atoms with E-state index in [2.05, 4.69) is 25.9 Å². The monoisotopic (exact) mass is 616 g/mol. The van der Waals surface area contributed by atoms with Crippen LogP contribution in [-0.2, 0) is 9.59 Å². The molecule has 2 aromatic carbocycles. The fraction of sp³-hybridized carbons (Fsp3) is 0.312. The topological polar surface area (TPSA) is 195 Å². The average Bonchev–Trinajstić information content (AvgIpc) is 3.00. The molecular formula is C32H36N6O7. The lowest BCUT2D eigenvalue weighted by molar-refractivity contribution is -0.135. The van der Waals surface area contributed by atoms with Crippen LogP contribution in [-0.4, -0.2) is 65.1 Å². The standard InChI is InChI=1S/C32H36N6O7/c1-17(2)15-44-25-11-23(37-29-19(25)7-5-9-21(29)33)31(42)34-13-27(39)36-22-10-6-8-20-26(45-16-18(3)4)12-24(38-30(20)22)32(43)35-14-28(40)41/h5-12,17-18H,13-16,33H2,1-4H3,(H,34,42)(H,35,43)(H,36,39)(H,40,41). The van der Waals surface area contributed by atoms with E-state index in [-0.39, 0.29) is 34.4 Å². The SMILES string of the molecule is CC(C)COc1cc(C(=O)NCC(=O)Nc2cccc3c(OCC(C)C)cc(C(=O)NCC(=O)O)nc23)nc2c(N)cccc12. The number of aromatic nitrogens is 2. The van der Waals surface area contributed by atoms with Crippen molar-refractivity contribution in [2.45, 2.75) is 27.7 Å². The average molecular weight is 617 g/mol. The molecule has 6 N–H and O–H groups in total. The van der Waals surface area contributed by atoms with Crippen LogP contribution >= 0.6 is 0 Å². The van der Waals surface area contributed by atoms with Crippen molar-refractivity contribution in [3.8, 4) is 11.5 Å². The summed E-state index contributed by atoms with van der Waals surface area (Å²) in [6, 6.07) is 13.2. The zero-order valence-electron chi connectivity index (χ0n) is 25.5. The molecule has 0 saturated carbocycles. The smallest absolute Gasteiger partial charge is 0.322 e. The highest BCUT2D eigenvalue weighted by Gasteiger charge is 2.19. The molecule has 4 aromatic rings. The van der Waals surface area contributed by atoms with Crippen LogP contribution in [0, 0.1) is 11.8 Å². The Bertz CT molecular complexity index is 1760. The zero-order valence-corrected chi connectivity index (χ0v) is 25.5. The number of nitrogens with zero attached hydrogens (tertiary/aromatic N) is 2. The number of anilines is 2. The largest absolute Gasteiger partial charge is 0.493 e. The Balaban J connectivity index is 1.56. The molecule has 0 spiro atoms. The van der Waals surface area contributed by atoms with Gasteiger partial charge in [0.15, 0.2) is 0 Å². The summed E-state index contributed by atoms with van der Waals surface area (Å²) in [5.74, 6) is -1.89. The maximum absolute atomic E-state index is 13.1. The Kier molecular flexibility index (Phi) is 10.3. The van der Waals surface area contributed by atoms with E-state index in [1.807, 2.05) is 33.8 Å². The van der Waals surface area contributed by atoms with Gasteiger partial charge in [-0.15, -0.1) is 0 Å². The van der Waals surface area contributed by atoms with E-state index in [9.17, 15) is 19.2 Å². The second-order valence-electron chi connectivity index (χ2n) is 11.2. The number of pyridine rings is 2. The minimum absolute atomic E-state index is 0.0303. The third kappa shape index (κ3) is 8.34. The molecule has 3 amide bonds. The van der Waals surface area contributed by atoms with Gasteiger partial charge in [0.25, 0.3) is 11.8 Å². The Labute approximate surface area is 259 Å². The molecule has 2 aromatic heterocycles. The minimum atomic E-state index is -1.21. The predicted octanol–water partition coefficient (Wildman–Crippen LogP) is 3.62. The van der Waals surface area contributed by atoms with Gasteiger partial charge in [-0.1, -0.05) is 39.8 Å². The molecule has 13 heteroatoms. The Morgan fingerprint density at radius 2 is 1.29 bits per heavy atom. The molecule has 0 aliphatic carbocycles. The van der Waals surface area contributed by atoms with E-state index in [1.165, 1.54) is 12.1 Å². The molecule has 0 aliphatic heterocycles. The number of nitrogens with two attached hydrogens (primary N) is 1. The molecule has 0 fully saturated rings. The van der Waals surface area contributed by atoms with Crippen LogP contribution in [0.2, 0.25) is 0 Å². The van der Waals surface area contributed by atoms with Crippen molar-refractivity contribution in [3.63, 3.8) is 0 Å². The summed E-state index contributed by atoms with van der Waals surface area (Å²) in [5.41, 5.74) is 7.37. The Morgan fingerprint density at radius 3 is 1.84 bits per heavy atom. The van der Waals surface area contributed by atoms with Gasteiger partial charge < -0.3 is 36.3 Å². The fourth-order valence-electron chi connectivity index (χ4n) is 4.23. The lowest BCUT2D eigenvalue weighted by Gasteiger charge is -2.15. The highest BCUT2D eigenvalue weighted by atomic mass is 16.5. The van der Waals surface area contributed by atoms with Crippen molar-refractivity contribution >= 4 is 56.9 Å². The van der Waals surface area contributed by atoms with E-state index >= 15 is 0 Å². The third-order valence-corrected chi connectivity index (χ3v) is 6.33. The van der Waals surface area contributed by atoms with Crippen LogP contribution in [0.15, 0.2) is 48.5 Å². The number of aliphatic carboxylic acids is 1. The number of nitrogen functional groups attached to an aromatic ring is 1. The summed E-state index contributed by atoms with van der Waals surface area (Å²) < 4.78 is 11.9. The first-order chi connectivity index (χ1) is 21.4. The Morgan fingerprint density at radius 1 is 0.778 bits per heavy atom. The number of amides is 3. The fourth-order valence-corrected chi connectivity index (χ4v) is 4.23. The van der Waals surface area contributed by atoms with Gasteiger partial charge >= 0.3 is 5.97 Å². The number of carboxylic acid groups (broad SMARTS) is 1. The van der Waals surface area contributed by atoms with Crippen molar-refractivity contribution in [3.05, 3.63) is 59.9 Å². The number of ether oxygens (including phenoxy) is 2. The van der Waals surface area contributed by atoms with Gasteiger partial charge in [0.1, 0.15) is 29.4 Å². The predicted molar refractivity (Wildman–Crippen MR) is 169 cm³/mol. The summed E-state index contributed by atoms with van der Waals surface area (Å²) in [6.45, 7) is 7.70. The lowest BCUT2D eigenvalue weighted by Crippen LogP contribution is -2.33. The number of rotatable bonds is 13. The molecule has 4 rings (SSSR count). The number of fused-ring (bicyclic) bond motifs is 2. The van der Waals surface area contributed by atoms with E-state index in [0.29, 0.717) is 46.7 Å². The van der Waals surface area contributed by atoms with Crippen LogP contribution in [0.1, 0.15) is 48.7 Å². The van der Waals surface area contributed by atoms with Crippen LogP contribution in [0.3, 0.4) is 0 Å². The molecule has 2 heterocycles. The van der Waals surface area contributed by atoms with Crippen LogP contribution in [0.5, 0.6) is 11.5 Å². The lowest BCUT2D eigenvalue weighted by atomic mass is 10.1. The molecule has 0 bridgehead atoms. The number of carboxylic acids is 1. The summed E-state index contributed by atoms with van der Waals surface area (Å²) in [4.78, 5) is 58.5. The van der Waals surface area contributed by atoms with Crippen molar-refractivity contribution in [2.24, 2.45) is 11.8 Å². The number of carbonyl (C=O) groups excluding carboxylic acids is 3.